The molecule has 2 rings (SSSR count). The molecule has 1 N–H and O–H groups in total. The van der Waals surface area contributed by atoms with Crippen molar-refractivity contribution in [2.75, 3.05) is 0 Å². The van der Waals surface area contributed by atoms with Gasteiger partial charge in [0.25, 0.3) is 0 Å². The van der Waals surface area contributed by atoms with E-state index < -0.39 is 12.1 Å². The highest BCUT2D eigenvalue weighted by atomic mass is 35.5. The summed E-state index contributed by atoms with van der Waals surface area (Å²) in [6, 6.07) is 5.09. The average molecular weight is 241 g/mol. The monoisotopic (exact) mass is 240 g/mol. The maximum Gasteiger partial charge on any atom is 0.343 e. The minimum absolute atomic E-state index is 0.241. The average Bonchev–Trinajstić information content (AvgIpc) is 2.26. The van der Waals surface area contributed by atoms with Crippen molar-refractivity contribution in [3.63, 3.8) is 0 Å². The zero-order valence-electron chi connectivity index (χ0n) is 8.41. The van der Waals surface area contributed by atoms with Gasteiger partial charge in [-0.15, -0.1) is 0 Å². The van der Waals surface area contributed by atoms with Crippen LogP contribution in [0.2, 0.25) is 5.02 Å². The molecule has 0 radical (unpaired) electrons. The van der Waals surface area contributed by atoms with Crippen LogP contribution in [0.25, 0.3) is 5.57 Å². The number of carboxylic acid groups (broad SMARTS) is 1. The molecule has 0 saturated carbocycles. The van der Waals surface area contributed by atoms with Crippen LogP contribution in [0.5, 0.6) is 0 Å². The summed E-state index contributed by atoms with van der Waals surface area (Å²) in [6.07, 6.45) is 1.11. The van der Waals surface area contributed by atoms with Crippen molar-refractivity contribution in [1.82, 2.24) is 0 Å². The number of carboxylic acids is 1. The number of benzene rings is 1. The van der Waals surface area contributed by atoms with E-state index in [-0.39, 0.29) is 5.57 Å². The van der Waals surface area contributed by atoms with Crippen LogP contribution >= 0.6 is 11.6 Å². The van der Waals surface area contributed by atoms with E-state index in [0.29, 0.717) is 17.0 Å². The Labute approximate surface area is 97.4 Å². The molecule has 1 atom stereocenters. The lowest BCUT2D eigenvalue weighted by atomic mass is 9.88. The van der Waals surface area contributed by atoms with E-state index in [2.05, 4.69) is 0 Å². The van der Waals surface area contributed by atoms with Gasteiger partial charge in [0, 0.05) is 10.6 Å². The van der Waals surface area contributed by atoms with Crippen molar-refractivity contribution in [3.05, 3.63) is 40.4 Å². The van der Waals surface area contributed by atoms with Crippen molar-refractivity contribution in [3.8, 4) is 0 Å². The van der Waals surface area contributed by atoms with Gasteiger partial charge in [0.05, 0.1) is 0 Å². The van der Waals surface area contributed by atoms with E-state index in [4.69, 9.17) is 16.7 Å². The summed E-state index contributed by atoms with van der Waals surface area (Å²) in [5.41, 5.74) is 1.81. The molecule has 1 aromatic carbocycles. The molecule has 2 nitrogen and oxygen atoms in total. The molecule has 1 aliphatic carbocycles. The number of halogens is 2. The number of carbonyl (C=O) groups is 1. The predicted molar refractivity (Wildman–Crippen MR) is 60.3 cm³/mol. The van der Waals surface area contributed by atoms with Gasteiger partial charge in [-0.1, -0.05) is 23.7 Å². The molecule has 1 aromatic rings. The highest BCUT2D eigenvalue weighted by Gasteiger charge is 2.25. The minimum atomic E-state index is -1.96. The first-order valence-electron chi connectivity index (χ1n) is 4.95. The van der Waals surface area contributed by atoms with Crippen LogP contribution in [0.4, 0.5) is 4.39 Å². The molecule has 0 bridgehead atoms. The molecular weight excluding hydrogens is 231 g/mol. The van der Waals surface area contributed by atoms with Gasteiger partial charge < -0.3 is 5.11 Å². The van der Waals surface area contributed by atoms with E-state index in [1.165, 1.54) is 0 Å². The molecular formula is C12H10ClFO2. The Morgan fingerprint density at radius 1 is 1.50 bits per heavy atom. The highest BCUT2D eigenvalue weighted by Crippen LogP contribution is 2.31. The number of fused-ring (bicyclic) bond motifs is 1. The van der Waals surface area contributed by atoms with Crippen LogP contribution in [-0.4, -0.2) is 17.2 Å². The fraction of sp³-hybridized carbons (Fsp3) is 0.250. The van der Waals surface area contributed by atoms with Gasteiger partial charge in [-0.25, -0.2) is 9.18 Å². The van der Waals surface area contributed by atoms with Crippen molar-refractivity contribution < 1.29 is 14.3 Å². The van der Waals surface area contributed by atoms with Gasteiger partial charge in [0.2, 0.25) is 6.17 Å². The molecule has 16 heavy (non-hydrogen) atoms. The lowest BCUT2D eigenvalue weighted by Crippen LogP contribution is -2.18. The first-order valence-corrected chi connectivity index (χ1v) is 5.33. The zero-order valence-corrected chi connectivity index (χ0v) is 9.17. The van der Waals surface area contributed by atoms with Gasteiger partial charge in [-0.3, -0.25) is 0 Å². The summed E-state index contributed by atoms with van der Waals surface area (Å²) in [7, 11) is 0. The maximum absolute atomic E-state index is 13.5. The Hall–Kier alpha value is -1.35. The number of aliphatic carboxylic acids is 1. The third-order valence-corrected chi connectivity index (χ3v) is 2.88. The molecule has 4 heteroatoms. The smallest absolute Gasteiger partial charge is 0.343 e. The highest BCUT2D eigenvalue weighted by molar-refractivity contribution is 6.30. The second kappa shape index (κ2) is 4.26. The first-order chi connectivity index (χ1) is 7.59. The van der Waals surface area contributed by atoms with E-state index in [1.807, 2.05) is 0 Å². The normalized spacial score (nSPS) is 16.2. The fourth-order valence-electron chi connectivity index (χ4n) is 1.92. The minimum Gasteiger partial charge on any atom is -0.479 e. The van der Waals surface area contributed by atoms with E-state index in [9.17, 15) is 9.18 Å². The summed E-state index contributed by atoms with van der Waals surface area (Å²) in [4.78, 5) is 10.6. The van der Waals surface area contributed by atoms with E-state index in [0.717, 1.165) is 12.0 Å². The quantitative estimate of drug-likeness (QED) is 0.863. The van der Waals surface area contributed by atoms with Crippen molar-refractivity contribution in [2.24, 2.45) is 0 Å². The van der Waals surface area contributed by atoms with Crippen molar-refractivity contribution >= 4 is 23.1 Å². The first kappa shape index (κ1) is 11.1. The van der Waals surface area contributed by atoms with Gasteiger partial charge in [-0.05, 0) is 36.1 Å². The number of allylic oxidation sites excluding steroid dienone is 1. The van der Waals surface area contributed by atoms with Crippen LogP contribution in [0.1, 0.15) is 17.5 Å². The largest absolute Gasteiger partial charge is 0.479 e. The number of rotatable bonds is 2. The number of alkyl halides is 1. The lowest BCUT2D eigenvalue weighted by Gasteiger charge is -2.18. The van der Waals surface area contributed by atoms with E-state index in [1.54, 1.807) is 24.3 Å². The number of aryl methyl sites for hydroxylation is 1. The predicted octanol–water partition coefficient (Wildman–Crippen LogP) is 3.09. The Morgan fingerprint density at radius 2 is 2.25 bits per heavy atom. The van der Waals surface area contributed by atoms with Crippen LogP contribution in [-0.2, 0) is 11.2 Å². The second-order valence-corrected chi connectivity index (χ2v) is 4.14. The molecule has 1 aliphatic rings. The second-order valence-electron chi connectivity index (χ2n) is 3.70. The third kappa shape index (κ3) is 1.95. The van der Waals surface area contributed by atoms with Crippen LogP contribution < -0.4 is 0 Å². The van der Waals surface area contributed by atoms with Gasteiger partial charge >= 0.3 is 5.97 Å². The summed E-state index contributed by atoms with van der Waals surface area (Å²) in [5.74, 6) is -1.45. The van der Waals surface area contributed by atoms with E-state index >= 15 is 0 Å². The molecule has 0 saturated heterocycles. The molecule has 0 aromatic heterocycles. The summed E-state index contributed by atoms with van der Waals surface area (Å²) in [6.45, 7) is 0. The molecule has 0 fully saturated rings. The maximum atomic E-state index is 13.5. The lowest BCUT2D eigenvalue weighted by molar-refractivity contribution is -0.140. The fourth-order valence-corrected chi connectivity index (χ4v) is 2.11. The molecule has 0 amide bonds. The Bertz CT molecular complexity index is 468. The number of hydrogen-bond donors (Lipinski definition) is 1. The summed E-state index contributed by atoms with van der Waals surface area (Å²) >= 11 is 5.84. The molecule has 84 valence electrons. The van der Waals surface area contributed by atoms with Gasteiger partial charge in [-0.2, -0.15) is 0 Å². The van der Waals surface area contributed by atoms with Gasteiger partial charge in [0.1, 0.15) is 0 Å². The number of hydrogen-bond acceptors (Lipinski definition) is 1. The Kier molecular flexibility index (Phi) is 2.97. The molecule has 0 spiro atoms. The topological polar surface area (TPSA) is 37.3 Å². The standard InChI is InChI=1S/C12H10ClFO2/c13-8-4-5-9-7(6-8)2-1-3-10(9)11(14)12(15)16/h3-6,11H,1-2H2,(H,15,16). The Morgan fingerprint density at radius 3 is 2.94 bits per heavy atom. The summed E-state index contributed by atoms with van der Waals surface area (Å²) < 4.78 is 13.5. The Balaban J connectivity index is 2.44. The SMILES string of the molecule is O=C(O)C(F)C1=CCCc2cc(Cl)ccc21. The third-order valence-electron chi connectivity index (χ3n) is 2.65. The molecule has 0 heterocycles. The van der Waals surface area contributed by atoms with Crippen LogP contribution in [0.15, 0.2) is 24.3 Å². The molecule has 0 aliphatic heterocycles. The van der Waals surface area contributed by atoms with Crippen LogP contribution in [0, 0.1) is 0 Å². The van der Waals surface area contributed by atoms with Crippen LogP contribution in [0.3, 0.4) is 0 Å². The molecule has 1 unspecified atom stereocenters. The zero-order chi connectivity index (χ0) is 11.7. The van der Waals surface area contributed by atoms with Crippen molar-refractivity contribution in [1.29, 1.82) is 0 Å². The van der Waals surface area contributed by atoms with Crippen molar-refractivity contribution in [2.45, 2.75) is 19.0 Å². The summed E-state index contributed by atoms with van der Waals surface area (Å²) in [5, 5.41) is 9.26. The van der Waals surface area contributed by atoms with Gasteiger partial charge in [0.15, 0.2) is 0 Å².